The molecule has 1 aliphatic heterocycles. The van der Waals surface area contributed by atoms with Gasteiger partial charge in [-0.15, -0.1) is 0 Å². The zero-order chi connectivity index (χ0) is 17.5. The lowest BCUT2D eigenvalue weighted by Crippen LogP contribution is -2.26. The van der Waals surface area contributed by atoms with Gasteiger partial charge in [0.05, 0.1) is 11.2 Å². The van der Waals surface area contributed by atoms with Gasteiger partial charge in [0.25, 0.3) is 0 Å². The van der Waals surface area contributed by atoms with Gasteiger partial charge in [-0.1, -0.05) is 26.8 Å². The maximum Gasteiger partial charge on any atom is 0.236 e. The summed E-state index contributed by atoms with van der Waals surface area (Å²) in [6, 6.07) is 5.56. The molecule has 1 aliphatic rings. The van der Waals surface area contributed by atoms with Crippen molar-refractivity contribution < 1.29 is 10.0 Å². The van der Waals surface area contributed by atoms with Crippen LogP contribution in [-0.4, -0.2) is 40.7 Å². The zero-order valence-corrected chi connectivity index (χ0v) is 14.8. The summed E-state index contributed by atoms with van der Waals surface area (Å²) in [6.07, 6.45) is 5.13. The first-order chi connectivity index (χ1) is 11.3. The number of fused-ring (bicyclic) bond motifs is 1. The Labute approximate surface area is 142 Å². The van der Waals surface area contributed by atoms with Gasteiger partial charge in [-0.2, -0.15) is 0 Å². The second kappa shape index (κ2) is 6.07. The number of anilines is 1. The molecule has 24 heavy (non-hydrogen) atoms. The lowest BCUT2D eigenvalue weighted by Gasteiger charge is -2.21. The molecule has 2 N–H and O–H groups in total. The topological polar surface area (TPSA) is 57.5 Å². The minimum atomic E-state index is -0.460. The minimum absolute atomic E-state index is 0.0667. The Kier molecular flexibility index (Phi) is 4.24. The second-order valence-electron chi connectivity index (χ2n) is 7.55. The van der Waals surface area contributed by atoms with Gasteiger partial charge in [0, 0.05) is 35.7 Å². The number of benzene rings is 1. The van der Waals surface area contributed by atoms with Crippen LogP contribution in [0.1, 0.15) is 37.6 Å². The van der Waals surface area contributed by atoms with Crippen LogP contribution in [0.15, 0.2) is 30.5 Å². The lowest BCUT2D eigenvalue weighted by molar-refractivity contribution is 0.0772. The highest BCUT2D eigenvalue weighted by atomic mass is 16.5. The zero-order valence-electron chi connectivity index (χ0n) is 14.8. The fourth-order valence-corrected chi connectivity index (χ4v) is 3.10. The highest BCUT2D eigenvalue weighted by Gasteiger charge is 2.26. The van der Waals surface area contributed by atoms with Gasteiger partial charge in [-0.3, -0.25) is 20.0 Å². The van der Waals surface area contributed by atoms with Gasteiger partial charge in [0.15, 0.2) is 0 Å². The summed E-state index contributed by atoms with van der Waals surface area (Å²) < 4.78 is 1.75. The molecule has 0 fully saturated rings. The molecule has 1 aromatic heterocycles. The fourth-order valence-electron chi connectivity index (χ4n) is 3.10. The van der Waals surface area contributed by atoms with E-state index >= 15 is 0 Å². The molecule has 2 heterocycles. The SMILES string of the molecule is CN1CC=C(c2cn(C(=O)C(C)(C)C)c3ccc(NO)cc23)CC1. The number of nitrogens with zero attached hydrogens (tertiary/aromatic N) is 2. The first-order valence-electron chi connectivity index (χ1n) is 8.29. The molecular formula is C19H25N3O2. The Hall–Kier alpha value is -2.11. The van der Waals surface area contributed by atoms with Crippen molar-refractivity contribution in [2.24, 2.45) is 5.41 Å². The van der Waals surface area contributed by atoms with Crippen molar-refractivity contribution >= 4 is 28.1 Å². The summed E-state index contributed by atoms with van der Waals surface area (Å²) in [4.78, 5) is 15.1. The van der Waals surface area contributed by atoms with Crippen molar-refractivity contribution in [3.05, 3.63) is 36.0 Å². The first-order valence-corrected chi connectivity index (χ1v) is 8.29. The molecule has 0 bridgehead atoms. The van der Waals surface area contributed by atoms with Crippen molar-refractivity contribution in [2.45, 2.75) is 27.2 Å². The highest BCUT2D eigenvalue weighted by molar-refractivity contribution is 6.02. The largest absolute Gasteiger partial charge is 0.302 e. The van der Waals surface area contributed by atoms with E-state index in [4.69, 9.17) is 0 Å². The molecule has 128 valence electrons. The summed E-state index contributed by atoms with van der Waals surface area (Å²) >= 11 is 0. The van der Waals surface area contributed by atoms with Crippen molar-refractivity contribution in [1.82, 2.24) is 9.47 Å². The molecule has 3 rings (SSSR count). The number of hydrogen-bond acceptors (Lipinski definition) is 4. The van der Waals surface area contributed by atoms with Crippen LogP contribution in [-0.2, 0) is 0 Å². The Balaban J connectivity index is 2.19. The van der Waals surface area contributed by atoms with E-state index in [2.05, 4.69) is 23.5 Å². The molecule has 0 unspecified atom stereocenters. The van der Waals surface area contributed by atoms with Gasteiger partial charge in [-0.25, -0.2) is 0 Å². The number of aromatic nitrogens is 1. The van der Waals surface area contributed by atoms with E-state index in [1.165, 1.54) is 5.57 Å². The quantitative estimate of drug-likeness (QED) is 0.823. The molecule has 0 atom stereocenters. The molecule has 0 saturated carbocycles. The van der Waals surface area contributed by atoms with E-state index in [-0.39, 0.29) is 5.91 Å². The molecule has 0 aliphatic carbocycles. The predicted molar refractivity (Wildman–Crippen MR) is 97.5 cm³/mol. The van der Waals surface area contributed by atoms with E-state index in [0.29, 0.717) is 5.69 Å². The predicted octanol–water partition coefficient (Wildman–Crippen LogP) is 3.85. The molecule has 0 saturated heterocycles. The molecule has 0 radical (unpaired) electrons. The van der Waals surface area contributed by atoms with Crippen LogP contribution in [0.2, 0.25) is 0 Å². The van der Waals surface area contributed by atoms with Gasteiger partial charge in [0.1, 0.15) is 0 Å². The minimum Gasteiger partial charge on any atom is -0.302 e. The summed E-state index contributed by atoms with van der Waals surface area (Å²) in [5.74, 6) is 0.0667. The van der Waals surface area contributed by atoms with Crippen LogP contribution < -0.4 is 5.48 Å². The Bertz CT molecular complexity index is 812. The molecule has 5 nitrogen and oxygen atoms in total. The standard InChI is InChI=1S/C19H25N3O2/c1-19(2,3)18(23)22-12-16(13-7-9-21(4)10-8-13)15-11-14(20-24)5-6-17(15)22/h5-7,11-12,20,24H,8-10H2,1-4H3. The summed E-state index contributed by atoms with van der Waals surface area (Å²) in [7, 11) is 2.10. The molecule has 0 amide bonds. The number of hydrogen-bond donors (Lipinski definition) is 2. The van der Waals surface area contributed by atoms with E-state index in [1.54, 1.807) is 10.6 Å². The van der Waals surface area contributed by atoms with E-state index in [1.807, 2.05) is 39.1 Å². The molecule has 0 spiro atoms. The molecule has 1 aromatic carbocycles. The molecular weight excluding hydrogens is 302 g/mol. The van der Waals surface area contributed by atoms with E-state index in [9.17, 15) is 10.0 Å². The Morgan fingerprint density at radius 1 is 1.29 bits per heavy atom. The van der Waals surface area contributed by atoms with Crippen molar-refractivity contribution in [3.63, 3.8) is 0 Å². The average molecular weight is 327 g/mol. The maximum absolute atomic E-state index is 12.9. The van der Waals surface area contributed by atoms with Crippen LogP contribution in [0.3, 0.4) is 0 Å². The van der Waals surface area contributed by atoms with Crippen molar-refractivity contribution in [1.29, 1.82) is 0 Å². The van der Waals surface area contributed by atoms with Gasteiger partial charge < -0.3 is 4.90 Å². The molecule has 5 heteroatoms. The maximum atomic E-state index is 12.9. The number of rotatable bonds is 2. The summed E-state index contributed by atoms with van der Waals surface area (Å²) in [5, 5.41) is 10.2. The van der Waals surface area contributed by atoms with Gasteiger partial charge in [-0.05, 0) is 37.2 Å². The number of carbonyl (C=O) groups is 1. The van der Waals surface area contributed by atoms with Gasteiger partial charge in [0.2, 0.25) is 5.91 Å². The number of carbonyl (C=O) groups excluding carboxylic acids is 1. The average Bonchev–Trinajstić information content (AvgIpc) is 2.92. The van der Waals surface area contributed by atoms with Crippen LogP contribution in [0, 0.1) is 5.41 Å². The van der Waals surface area contributed by atoms with E-state index < -0.39 is 5.41 Å². The van der Waals surface area contributed by atoms with Crippen LogP contribution in [0.25, 0.3) is 16.5 Å². The van der Waals surface area contributed by atoms with Crippen LogP contribution >= 0.6 is 0 Å². The Morgan fingerprint density at radius 2 is 2.04 bits per heavy atom. The van der Waals surface area contributed by atoms with Crippen molar-refractivity contribution in [2.75, 3.05) is 25.6 Å². The normalized spacial score (nSPS) is 16.3. The third kappa shape index (κ3) is 2.97. The fraction of sp³-hybridized carbons (Fsp3) is 0.421. The second-order valence-corrected chi connectivity index (χ2v) is 7.55. The monoisotopic (exact) mass is 327 g/mol. The van der Waals surface area contributed by atoms with Crippen molar-refractivity contribution in [3.8, 4) is 0 Å². The molecule has 2 aromatic rings. The summed E-state index contributed by atoms with van der Waals surface area (Å²) in [5.41, 5.74) is 5.58. The smallest absolute Gasteiger partial charge is 0.236 e. The highest BCUT2D eigenvalue weighted by Crippen LogP contribution is 2.34. The van der Waals surface area contributed by atoms with Crippen LogP contribution in [0.5, 0.6) is 0 Å². The lowest BCUT2D eigenvalue weighted by atomic mass is 9.95. The van der Waals surface area contributed by atoms with Gasteiger partial charge >= 0.3 is 0 Å². The Morgan fingerprint density at radius 3 is 2.62 bits per heavy atom. The number of nitrogens with one attached hydrogen (secondary N) is 1. The third-order valence-corrected chi connectivity index (χ3v) is 4.55. The van der Waals surface area contributed by atoms with Crippen LogP contribution in [0.4, 0.5) is 5.69 Å². The third-order valence-electron chi connectivity index (χ3n) is 4.55. The van der Waals surface area contributed by atoms with E-state index in [0.717, 1.165) is 36.0 Å². The number of likely N-dealkylation sites (N-methyl/N-ethyl adjacent to an activating group) is 1. The summed E-state index contributed by atoms with van der Waals surface area (Å²) in [6.45, 7) is 7.70. The first kappa shape index (κ1) is 16.7.